The van der Waals surface area contributed by atoms with Crippen molar-refractivity contribution in [2.75, 3.05) is 19.2 Å². The predicted octanol–water partition coefficient (Wildman–Crippen LogP) is 6.63. The molecule has 0 saturated heterocycles. The van der Waals surface area contributed by atoms with Crippen LogP contribution < -0.4 is 9.88 Å². The van der Waals surface area contributed by atoms with Crippen molar-refractivity contribution < 1.29 is 9.53 Å². The largest absolute Gasteiger partial charge is 0.464 e. The second-order valence-corrected chi connectivity index (χ2v) is 10.5. The standard InChI is InChI=1S/C30H29ClN4O3S/c1-4-5-13-25-26(27(29(36)38-3)35(34(25)2)24-14-9-8-12-23(24)31)20-17-15-19(16-18-20)21-10-6-7-11-22(21)28-32-30(37)39-33-28/h6-12,14-18,25H,4-5,13H2,1-3H3,(H,32,33,37). The minimum atomic E-state index is -0.419. The van der Waals surface area contributed by atoms with Crippen LogP contribution in [0.1, 0.15) is 31.7 Å². The van der Waals surface area contributed by atoms with Crippen molar-refractivity contribution >= 4 is 40.4 Å². The van der Waals surface area contributed by atoms with Crippen molar-refractivity contribution in [3.63, 3.8) is 0 Å². The number of para-hydroxylation sites is 1. The van der Waals surface area contributed by atoms with Crippen LogP contribution in [0.15, 0.2) is 83.3 Å². The van der Waals surface area contributed by atoms with E-state index in [1.165, 1.54) is 7.11 Å². The highest BCUT2D eigenvalue weighted by atomic mass is 35.5. The number of esters is 1. The van der Waals surface area contributed by atoms with Crippen LogP contribution in [0.4, 0.5) is 5.69 Å². The Balaban J connectivity index is 1.63. The zero-order chi connectivity index (χ0) is 27.5. The van der Waals surface area contributed by atoms with Gasteiger partial charge < -0.3 is 4.74 Å². The molecule has 7 nitrogen and oxygen atoms in total. The molecule has 0 saturated carbocycles. The summed E-state index contributed by atoms with van der Waals surface area (Å²) in [6.45, 7) is 2.16. The summed E-state index contributed by atoms with van der Waals surface area (Å²) in [5.74, 6) is 0.130. The second-order valence-electron chi connectivity index (χ2n) is 9.32. The van der Waals surface area contributed by atoms with E-state index in [1.807, 2.05) is 84.9 Å². The summed E-state index contributed by atoms with van der Waals surface area (Å²) in [6, 6.07) is 23.4. The van der Waals surface area contributed by atoms with Gasteiger partial charge in [-0.2, -0.15) is 4.37 Å². The fourth-order valence-corrected chi connectivity index (χ4v) is 5.81. The molecule has 1 unspecified atom stereocenters. The first-order chi connectivity index (χ1) is 18.9. The maximum Gasteiger partial charge on any atom is 0.356 e. The van der Waals surface area contributed by atoms with Crippen molar-refractivity contribution in [2.45, 2.75) is 32.2 Å². The number of hydrogen-bond acceptors (Lipinski definition) is 7. The van der Waals surface area contributed by atoms with E-state index in [4.69, 9.17) is 16.3 Å². The maximum atomic E-state index is 13.3. The summed E-state index contributed by atoms with van der Waals surface area (Å²) in [5.41, 5.74) is 5.80. The molecule has 9 heteroatoms. The molecular weight excluding hydrogens is 532 g/mol. The van der Waals surface area contributed by atoms with Crippen LogP contribution in [0.5, 0.6) is 0 Å². The van der Waals surface area contributed by atoms with E-state index in [9.17, 15) is 9.59 Å². The average molecular weight is 561 g/mol. The van der Waals surface area contributed by atoms with Crippen LogP contribution in [-0.2, 0) is 9.53 Å². The lowest BCUT2D eigenvalue weighted by Gasteiger charge is -2.32. The molecule has 0 spiro atoms. The Morgan fingerprint density at radius 2 is 1.69 bits per heavy atom. The van der Waals surface area contributed by atoms with Crippen LogP contribution in [-0.4, -0.2) is 40.5 Å². The van der Waals surface area contributed by atoms with Gasteiger partial charge in [0.25, 0.3) is 0 Å². The Labute approximate surface area is 236 Å². The first-order valence-electron chi connectivity index (χ1n) is 12.8. The number of aromatic amines is 1. The van der Waals surface area contributed by atoms with Gasteiger partial charge in [-0.15, -0.1) is 0 Å². The smallest absolute Gasteiger partial charge is 0.356 e. The number of unbranched alkanes of at least 4 members (excludes halogenated alkanes) is 1. The fourth-order valence-electron chi connectivity index (χ4n) is 5.14. The molecule has 2 heterocycles. The first-order valence-corrected chi connectivity index (χ1v) is 14.0. The third-order valence-electron chi connectivity index (χ3n) is 6.99. The quantitative estimate of drug-likeness (QED) is 0.244. The summed E-state index contributed by atoms with van der Waals surface area (Å²) in [7, 11) is 3.39. The number of carbonyl (C=O) groups excluding carboxylic acids is 1. The lowest BCUT2D eigenvalue weighted by atomic mass is 9.91. The Morgan fingerprint density at radius 1 is 1.03 bits per heavy atom. The Kier molecular flexibility index (Phi) is 7.97. The fraction of sp³-hybridized carbons (Fsp3) is 0.233. The van der Waals surface area contributed by atoms with Crippen molar-refractivity contribution in [3.8, 4) is 22.5 Å². The minimum absolute atomic E-state index is 0.0476. The van der Waals surface area contributed by atoms with Gasteiger partial charge in [0.2, 0.25) is 0 Å². The van der Waals surface area contributed by atoms with Gasteiger partial charge in [-0.3, -0.25) is 14.8 Å². The van der Waals surface area contributed by atoms with E-state index in [0.29, 0.717) is 16.5 Å². The van der Waals surface area contributed by atoms with Crippen LogP contribution in [0.3, 0.4) is 0 Å². The number of carbonyl (C=O) groups is 1. The monoisotopic (exact) mass is 560 g/mol. The molecular formula is C30H29ClN4O3S. The number of anilines is 1. The Hall–Kier alpha value is -3.72. The molecule has 200 valence electrons. The highest BCUT2D eigenvalue weighted by molar-refractivity contribution is 7.03. The number of benzene rings is 3. The number of methoxy groups -OCH3 is 1. The number of likely N-dealkylation sites (N-methyl/N-ethyl adjacent to an activating group) is 1. The van der Waals surface area contributed by atoms with E-state index in [2.05, 4.69) is 21.3 Å². The SMILES string of the molecule is CCCCC1C(c2ccc(-c3ccccc3-c3nsc(=O)[nH]3)cc2)=C(C(=O)OC)N(c2ccccc2Cl)N1C. The van der Waals surface area contributed by atoms with Crippen LogP contribution in [0.25, 0.3) is 28.1 Å². The molecule has 0 bridgehead atoms. The highest BCUT2D eigenvalue weighted by Crippen LogP contribution is 2.43. The van der Waals surface area contributed by atoms with E-state index in [1.54, 1.807) is 0 Å². The second kappa shape index (κ2) is 11.6. The molecule has 0 radical (unpaired) electrons. The summed E-state index contributed by atoms with van der Waals surface area (Å²) < 4.78 is 9.57. The molecule has 4 aromatic rings. The zero-order valence-corrected chi connectivity index (χ0v) is 23.6. The van der Waals surface area contributed by atoms with Gasteiger partial charge in [-0.25, -0.2) is 9.80 Å². The number of hydrogen-bond donors (Lipinski definition) is 1. The number of halogens is 1. The van der Waals surface area contributed by atoms with Crippen LogP contribution in [0.2, 0.25) is 5.02 Å². The van der Waals surface area contributed by atoms with E-state index in [0.717, 1.165) is 64.3 Å². The van der Waals surface area contributed by atoms with Gasteiger partial charge in [0, 0.05) is 29.7 Å². The molecule has 5 rings (SSSR count). The van der Waals surface area contributed by atoms with Crippen LogP contribution in [0, 0.1) is 0 Å². The molecule has 1 aliphatic heterocycles. The van der Waals surface area contributed by atoms with Crippen molar-refractivity contribution in [3.05, 3.63) is 98.7 Å². The topological polar surface area (TPSA) is 78.5 Å². The van der Waals surface area contributed by atoms with E-state index in [-0.39, 0.29) is 10.9 Å². The lowest BCUT2D eigenvalue weighted by Crippen LogP contribution is -2.41. The molecule has 39 heavy (non-hydrogen) atoms. The number of rotatable bonds is 8. The molecule has 1 N–H and O–H groups in total. The lowest BCUT2D eigenvalue weighted by molar-refractivity contribution is -0.136. The minimum Gasteiger partial charge on any atom is -0.464 e. The number of hydrazine groups is 1. The molecule has 1 aromatic heterocycles. The van der Waals surface area contributed by atoms with E-state index < -0.39 is 5.97 Å². The number of nitrogens with zero attached hydrogens (tertiary/aromatic N) is 3. The maximum absolute atomic E-state index is 13.3. The van der Waals surface area contributed by atoms with Gasteiger partial charge in [-0.05, 0) is 35.2 Å². The molecule has 1 atom stereocenters. The van der Waals surface area contributed by atoms with Gasteiger partial charge in [0.15, 0.2) is 5.82 Å². The molecule has 0 fully saturated rings. The van der Waals surface area contributed by atoms with E-state index >= 15 is 0 Å². The van der Waals surface area contributed by atoms with Crippen LogP contribution >= 0.6 is 23.1 Å². The average Bonchev–Trinajstić information content (AvgIpc) is 3.52. The predicted molar refractivity (Wildman–Crippen MR) is 158 cm³/mol. The number of H-pyrrole nitrogens is 1. The Bertz CT molecular complexity index is 1580. The van der Waals surface area contributed by atoms with Crippen molar-refractivity contribution in [1.82, 2.24) is 14.4 Å². The normalized spacial score (nSPS) is 15.7. The first kappa shape index (κ1) is 26.9. The highest BCUT2D eigenvalue weighted by Gasteiger charge is 2.42. The number of nitrogens with one attached hydrogen (secondary N) is 1. The summed E-state index contributed by atoms with van der Waals surface area (Å²) in [5, 5.41) is 4.51. The molecule has 1 aliphatic rings. The molecule has 0 aliphatic carbocycles. The van der Waals surface area contributed by atoms with Gasteiger partial charge in [0.05, 0.1) is 23.9 Å². The van der Waals surface area contributed by atoms with Gasteiger partial charge in [0.1, 0.15) is 5.70 Å². The zero-order valence-electron chi connectivity index (χ0n) is 22.0. The summed E-state index contributed by atoms with van der Waals surface area (Å²) in [6.07, 6.45) is 2.90. The number of ether oxygens (including phenoxy) is 1. The third-order valence-corrected chi connectivity index (χ3v) is 7.85. The molecule has 0 amide bonds. The summed E-state index contributed by atoms with van der Waals surface area (Å²) >= 11 is 7.52. The third kappa shape index (κ3) is 5.15. The Morgan fingerprint density at radius 3 is 2.33 bits per heavy atom. The molecule has 3 aromatic carbocycles. The van der Waals surface area contributed by atoms with Gasteiger partial charge in [-0.1, -0.05) is 92.0 Å². The van der Waals surface area contributed by atoms with Gasteiger partial charge >= 0.3 is 10.8 Å². The number of aromatic nitrogens is 2. The summed E-state index contributed by atoms with van der Waals surface area (Å²) in [4.78, 5) is 27.7. The van der Waals surface area contributed by atoms with Crippen molar-refractivity contribution in [1.29, 1.82) is 0 Å². The van der Waals surface area contributed by atoms with Crippen molar-refractivity contribution in [2.24, 2.45) is 0 Å².